The molecule has 6 rings (SSSR count). The Morgan fingerprint density at radius 1 is 0.692 bits per heavy atom. The number of H-pyrrole nitrogens is 1. The first kappa shape index (κ1) is 46.2. The van der Waals surface area contributed by atoms with E-state index in [2.05, 4.69) is 24.7 Å². The number of nitrogens with zero attached hydrogens (tertiary/aromatic N) is 5. The van der Waals surface area contributed by atoms with Gasteiger partial charge in [0.1, 0.15) is 0 Å². The Balaban J connectivity index is 0.000000670. The molecule has 52 heavy (non-hydrogen) atoms. The van der Waals surface area contributed by atoms with Gasteiger partial charge in [-0.2, -0.15) is 0 Å². The molecular formula is C34H38BLiN6O10. The van der Waals surface area contributed by atoms with E-state index in [0.717, 1.165) is 11.4 Å². The molecule has 0 aliphatic rings. The van der Waals surface area contributed by atoms with Crippen LogP contribution < -0.4 is 24.3 Å². The van der Waals surface area contributed by atoms with Crippen LogP contribution in [0.15, 0.2) is 128 Å². The van der Waals surface area contributed by atoms with Gasteiger partial charge in [-0.1, -0.05) is 66.7 Å². The summed E-state index contributed by atoms with van der Waals surface area (Å²) in [6.07, 6.45) is 9.49. The van der Waals surface area contributed by atoms with Crippen molar-refractivity contribution >= 4 is 30.5 Å². The molecule has 3 aromatic heterocycles. The second-order valence-corrected chi connectivity index (χ2v) is 9.38. The van der Waals surface area contributed by atoms with Crippen LogP contribution in [0.3, 0.4) is 0 Å². The molecule has 0 bridgehead atoms. The van der Waals surface area contributed by atoms with Crippen molar-refractivity contribution in [3.8, 4) is 11.4 Å². The first-order valence-corrected chi connectivity index (χ1v) is 14.9. The third-order valence-corrected chi connectivity index (χ3v) is 6.06. The quantitative estimate of drug-likeness (QED) is 0.116. The first-order chi connectivity index (χ1) is 23.8. The predicted octanol–water partition coefficient (Wildman–Crippen LogP) is -0.425. The minimum Gasteiger partial charge on any atom is -0.870 e. The number of carboxylic acid groups (broad SMARTS) is 1. The van der Waals surface area contributed by atoms with E-state index in [1.807, 2.05) is 66.7 Å². The normalized spacial score (nSPS) is 9.15. The molecule has 0 spiro atoms. The molecule has 3 aromatic carbocycles. The monoisotopic (exact) mass is 708 g/mol. The van der Waals surface area contributed by atoms with Gasteiger partial charge in [0, 0.05) is 48.6 Å². The van der Waals surface area contributed by atoms with Crippen LogP contribution in [0.5, 0.6) is 0 Å². The third kappa shape index (κ3) is 14.6. The van der Waals surface area contributed by atoms with Crippen molar-refractivity contribution in [2.75, 3.05) is 13.2 Å². The van der Waals surface area contributed by atoms with Crippen LogP contribution in [0.25, 0.3) is 11.4 Å². The molecule has 0 saturated carbocycles. The summed E-state index contributed by atoms with van der Waals surface area (Å²) in [5, 5.41) is 26.0. The second kappa shape index (κ2) is 25.2. The van der Waals surface area contributed by atoms with Crippen LogP contribution in [0.1, 0.15) is 45.7 Å². The molecule has 0 fully saturated rings. The second-order valence-electron chi connectivity index (χ2n) is 9.38. The Kier molecular flexibility index (Phi) is 22.4. The summed E-state index contributed by atoms with van der Waals surface area (Å²) in [6.45, 7) is 4.24. The van der Waals surface area contributed by atoms with Gasteiger partial charge in [0.05, 0.1) is 13.2 Å². The molecule has 0 amide bonds. The molecule has 0 unspecified atom stereocenters. The maximum absolute atomic E-state index is 11.6. The largest absolute Gasteiger partial charge is 1.00 e. The standard InChI is InChI=1S/C12H12N2O2.C10H8N2O2.C6H7BO2.C6H8N2O2.Li.2H2O/c1-2-16-12(15)11-13-8-9-14(11)10-6-4-3-5-7-10;13-10(14)9-11-6-7-12(9)8-4-2-1-3-5-8;8-7(9)6-4-2-1-3-5-6;1-2-10-6(9)5-7-3-4-8-5;;;/h3-9H,2H2,1H3;1-7H,(H,13,14);1-5,8-9H;3-4H,2H2,1H3,(H,7,8);;2*1H2/q;;;;+1;;/p-1. The fourth-order valence-electron chi connectivity index (χ4n) is 3.91. The zero-order chi connectivity index (χ0) is 35.4. The van der Waals surface area contributed by atoms with Crippen LogP contribution in [0.4, 0.5) is 0 Å². The molecule has 3 heterocycles. The van der Waals surface area contributed by atoms with Crippen LogP contribution in [0.2, 0.25) is 0 Å². The number of hydrogen-bond donors (Lipinski definition) is 4. The molecule has 0 atom stereocenters. The zero-order valence-electron chi connectivity index (χ0n) is 28.7. The van der Waals surface area contributed by atoms with E-state index >= 15 is 0 Å². The van der Waals surface area contributed by atoms with E-state index in [-0.39, 0.29) is 41.5 Å². The van der Waals surface area contributed by atoms with Gasteiger partial charge < -0.3 is 40.6 Å². The molecule has 0 aliphatic carbocycles. The number of para-hydroxylation sites is 2. The van der Waals surface area contributed by atoms with Crippen molar-refractivity contribution in [1.29, 1.82) is 0 Å². The van der Waals surface area contributed by atoms with Gasteiger partial charge in [-0.05, 0) is 43.6 Å². The maximum Gasteiger partial charge on any atom is 1.00 e. The molecule has 18 heteroatoms. The zero-order valence-corrected chi connectivity index (χ0v) is 28.7. The number of carboxylic acids is 1. The van der Waals surface area contributed by atoms with Gasteiger partial charge in [0.15, 0.2) is 0 Å². The van der Waals surface area contributed by atoms with Crippen LogP contribution in [-0.2, 0) is 9.47 Å². The summed E-state index contributed by atoms with van der Waals surface area (Å²) in [5.41, 5.74) is 2.21. The summed E-state index contributed by atoms with van der Waals surface area (Å²) in [6, 6.07) is 27.4. The van der Waals surface area contributed by atoms with Crippen LogP contribution in [-0.4, -0.2) is 93.4 Å². The number of rotatable bonds is 8. The molecule has 0 radical (unpaired) electrons. The fourth-order valence-corrected chi connectivity index (χ4v) is 3.91. The topological polar surface area (TPSA) is 256 Å². The van der Waals surface area contributed by atoms with Crippen molar-refractivity contribution < 1.29 is 68.8 Å². The average molecular weight is 708 g/mol. The van der Waals surface area contributed by atoms with Gasteiger partial charge in [0.25, 0.3) is 0 Å². The number of aromatic carboxylic acids is 1. The molecule has 0 aliphatic heterocycles. The summed E-state index contributed by atoms with van der Waals surface area (Å²) >= 11 is 0. The first-order valence-electron chi connectivity index (χ1n) is 14.9. The Labute approximate surface area is 311 Å². The molecule has 6 aromatic rings. The predicted molar refractivity (Wildman–Crippen MR) is 186 cm³/mol. The van der Waals surface area contributed by atoms with Crippen LogP contribution >= 0.6 is 0 Å². The van der Waals surface area contributed by atoms with Crippen molar-refractivity contribution in [3.05, 3.63) is 146 Å². The Bertz CT molecular complexity index is 1840. The summed E-state index contributed by atoms with van der Waals surface area (Å²) in [4.78, 5) is 47.3. The molecule has 7 N–H and O–H groups in total. The number of esters is 2. The summed E-state index contributed by atoms with van der Waals surface area (Å²) in [7, 11) is -1.34. The maximum atomic E-state index is 11.6. The van der Waals surface area contributed by atoms with Crippen molar-refractivity contribution in [2.24, 2.45) is 0 Å². The SMILES string of the molecule is CCOC(=O)c1ncc[nH]1.CCOC(=O)c1nccn1-c1ccccc1.O.O=C(O)c1nccn1-c1ccccc1.OB(O)c1ccccc1.[Li+].[OH-]. The van der Waals surface area contributed by atoms with E-state index < -0.39 is 25.0 Å². The van der Waals surface area contributed by atoms with Gasteiger partial charge in [0.2, 0.25) is 17.5 Å². The minimum atomic E-state index is -1.34. The van der Waals surface area contributed by atoms with Gasteiger partial charge in [-0.25, -0.2) is 29.3 Å². The smallest absolute Gasteiger partial charge is 0.870 e. The molecule has 0 saturated heterocycles. The number of nitrogens with one attached hydrogen (secondary N) is 1. The number of carbonyl (C=O) groups excluding carboxylic acids is 2. The number of imidazole rings is 3. The average Bonchev–Trinajstić information content (AvgIpc) is 3.94. The van der Waals surface area contributed by atoms with Crippen LogP contribution in [0, 0.1) is 0 Å². The Morgan fingerprint density at radius 3 is 1.54 bits per heavy atom. The van der Waals surface area contributed by atoms with Crippen molar-refractivity contribution in [2.45, 2.75) is 13.8 Å². The van der Waals surface area contributed by atoms with E-state index in [9.17, 15) is 14.4 Å². The van der Waals surface area contributed by atoms with E-state index in [0.29, 0.717) is 24.5 Å². The molecular weight excluding hydrogens is 670 g/mol. The number of ether oxygens (including phenoxy) is 2. The summed E-state index contributed by atoms with van der Waals surface area (Å²) < 4.78 is 12.8. The third-order valence-electron chi connectivity index (χ3n) is 6.06. The van der Waals surface area contributed by atoms with Gasteiger partial charge >= 0.3 is 43.9 Å². The fraction of sp³-hybridized carbons (Fsp3) is 0.118. The summed E-state index contributed by atoms with van der Waals surface area (Å²) in [5.74, 6) is -1.27. The van der Waals surface area contributed by atoms with Gasteiger partial charge in [-0.3, -0.25) is 9.13 Å². The number of benzene rings is 3. The molecule has 16 nitrogen and oxygen atoms in total. The van der Waals surface area contributed by atoms with Crippen molar-refractivity contribution in [1.82, 2.24) is 29.1 Å². The van der Waals surface area contributed by atoms with E-state index in [4.69, 9.17) is 19.9 Å². The van der Waals surface area contributed by atoms with Gasteiger partial charge in [-0.15, -0.1) is 0 Å². The number of carbonyl (C=O) groups is 3. The minimum absolute atomic E-state index is 0. The number of aromatic amines is 1. The van der Waals surface area contributed by atoms with Crippen molar-refractivity contribution in [3.63, 3.8) is 0 Å². The Morgan fingerprint density at radius 2 is 1.13 bits per heavy atom. The number of aromatic nitrogens is 6. The Hall–Kier alpha value is -5.80. The number of hydrogen-bond acceptors (Lipinski definition) is 11. The molecule has 268 valence electrons. The van der Waals surface area contributed by atoms with E-state index in [1.165, 1.54) is 17.0 Å². The van der Waals surface area contributed by atoms with E-state index in [1.54, 1.807) is 67.5 Å².